The summed E-state index contributed by atoms with van der Waals surface area (Å²) in [4.78, 5) is 11.2. The quantitative estimate of drug-likeness (QED) is 0.780. The first-order valence-electron chi connectivity index (χ1n) is 5.20. The third-order valence-corrected chi connectivity index (χ3v) is 2.58. The number of ether oxygens (including phenoxy) is 2. The topological polar surface area (TPSA) is 35.5 Å². The first-order chi connectivity index (χ1) is 7.63. The van der Waals surface area contributed by atoms with E-state index in [1.807, 2.05) is 31.2 Å². The number of para-hydroxylation sites is 1. The normalized spacial score (nSPS) is 11.9. The van der Waals surface area contributed by atoms with Crippen molar-refractivity contribution in [1.82, 2.24) is 0 Å². The Hall–Kier alpha value is -1.03. The van der Waals surface area contributed by atoms with Gasteiger partial charge in [0.25, 0.3) is 0 Å². The van der Waals surface area contributed by atoms with E-state index in [0.29, 0.717) is 6.61 Å². The number of benzene rings is 1. The van der Waals surface area contributed by atoms with E-state index >= 15 is 0 Å². The Morgan fingerprint density at radius 3 is 2.75 bits per heavy atom. The van der Waals surface area contributed by atoms with Crippen LogP contribution in [0.3, 0.4) is 0 Å². The first kappa shape index (κ1) is 13.0. The molecule has 3 nitrogen and oxygen atoms in total. The SMILES string of the molecule is CCOC(=O)C[C@@H](C)Oc1ccccc1Br. The molecule has 0 fully saturated rings. The average molecular weight is 287 g/mol. The standard InChI is InChI=1S/C12H15BrO3/c1-3-15-12(14)8-9(2)16-11-7-5-4-6-10(11)13/h4-7,9H,3,8H2,1-2H3/t9-/m1/s1. The van der Waals surface area contributed by atoms with Crippen molar-refractivity contribution < 1.29 is 14.3 Å². The molecule has 0 heterocycles. The van der Waals surface area contributed by atoms with Crippen LogP contribution in [0.15, 0.2) is 28.7 Å². The maximum absolute atomic E-state index is 11.2. The van der Waals surface area contributed by atoms with E-state index in [1.165, 1.54) is 0 Å². The highest BCUT2D eigenvalue weighted by Crippen LogP contribution is 2.25. The van der Waals surface area contributed by atoms with E-state index in [1.54, 1.807) is 6.92 Å². The Balaban J connectivity index is 2.48. The molecule has 4 heteroatoms. The summed E-state index contributed by atoms with van der Waals surface area (Å²) in [6.07, 6.45) is 0.0626. The predicted molar refractivity (Wildman–Crippen MR) is 65.5 cm³/mol. The van der Waals surface area contributed by atoms with E-state index in [-0.39, 0.29) is 18.5 Å². The minimum atomic E-state index is -0.234. The highest BCUT2D eigenvalue weighted by atomic mass is 79.9. The van der Waals surface area contributed by atoms with Crippen molar-refractivity contribution in [2.45, 2.75) is 26.4 Å². The second-order valence-electron chi connectivity index (χ2n) is 3.37. The lowest BCUT2D eigenvalue weighted by Gasteiger charge is -2.14. The van der Waals surface area contributed by atoms with Crippen molar-refractivity contribution in [3.8, 4) is 5.75 Å². The van der Waals surface area contributed by atoms with Crippen molar-refractivity contribution in [2.24, 2.45) is 0 Å². The molecule has 0 aliphatic rings. The largest absolute Gasteiger partial charge is 0.489 e. The molecule has 0 unspecified atom stereocenters. The van der Waals surface area contributed by atoms with E-state index in [2.05, 4.69) is 15.9 Å². The van der Waals surface area contributed by atoms with Gasteiger partial charge in [0.2, 0.25) is 0 Å². The Labute approximate surface area is 104 Å². The number of carbonyl (C=O) groups is 1. The molecule has 1 rings (SSSR count). The molecule has 0 amide bonds. The van der Waals surface area contributed by atoms with Gasteiger partial charge in [-0.25, -0.2) is 0 Å². The zero-order chi connectivity index (χ0) is 12.0. The fourth-order valence-electron chi connectivity index (χ4n) is 1.25. The minimum Gasteiger partial charge on any atom is -0.489 e. The smallest absolute Gasteiger partial charge is 0.309 e. The van der Waals surface area contributed by atoms with Crippen LogP contribution >= 0.6 is 15.9 Å². The van der Waals surface area contributed by atoms with Gasteiger partial charge >= 0.3 is 5.97 Å². The highest BCUT2D eigenvalue weighted by molar-refractivity contribution is 9.10. The predicted octanol–water partition coefficient (Wildman–Crippen LogP) is 3.17. The Bertz CT molecular complexity index is 352. The third kappa shape index (κ3) is 4.23. The van der Waals surface area contributed by atoms with Crippen molar-refractivity contribution in [3.63, 3.8) is 0 Å². The number of rotatable bonds is 5. The van der Waals surface area contributed by atoms with Gasteiger partial charge < -0.3 is 9.47 Å². The molecule has 0 bridgehead atoms. The minimum absolute atomic E-state index is 0.197. The molecule has 1 atom stereocenters. The van der Waals surface area contributed by atoms with E-state index in [4.69, 9.17) is 9.47 Å². The summed E-state index contributed by atoms with van der Waals surface area (Å²) < 4.78 is 11.3. The fourth-order valence-corrected chi connectivity index (χ4v) is 1.63. The lowest BCUT2D eigenvalue weighted by Crippen LogP contribution is -2.18. The van der Waals surface area contributed by atoms with Crippen molar-refractivity contribution in [1.29, 1.82) is 0 Å². The second kappa shape index (κ2) is 6.53. The maximum Gasteiger partial charge on any atom is 0.309 e. The Morgan fingerprint density at radius 1 is 1.44 bits per heavy atom. The molecular formula is C12H15BrO3. The zero-order valence-electron chi connectivity index (χ0n) is 9.40. The molecule has 1 aromatic carbocycles. The van der Waals surface area contributed by atoms with Crippen LogP contribution in [0.2, 0.25) is 0 Å². The second-order valence-corrected chi connectivity index (χ2v) is 4.22. The van der Waals surface area contributed by atoms with Gasteiger partial charge in [0.05, 0.1) is 17.5 Å². The average Bonchev–Trinajstić information content (AvgIpc) is 2.21. The maximum atomic E-state index is 11.2. The van der Waals surface area contributed by atoms with Gasteiger partial charge in [-0.1, -0.05) is 12.1 Å². The van der Waals surface area contributed by atoms with Crippen LogP contribution in [-0.2, 0) is 9.53 Å². The summed E-state index contributed by atoms with van der Waals surface area (Å²) in [7, 11) is 0. The van der Waals surface area contributed by atoms with Crippen molar-refractivity contribution in [2.75, 3.05) is 6.61 Å². The van der Waals surface area contributed by atoms with Crippen LogP contribution in [0, 0.1) is 0 Å². The monoisotopic (exact) mass is 286 g/mol. The van der Waals surface area contributed by atoms with Gasteiger partial charge in [-0.2, -0.15) is 0 Å². The van der Waals surface area contributed by atoms with Gasteiger partial charge in [-0.15, -0.1) is 0 Å². The highest BCUT2D eigenvalue weighted by Gasteiger charge is 2.12. The molecule has 0 aromatic heterocycles. The lowest BCUT2D eigenvalue weighted by molar-refractivity contribution is -0.144. The molecule has 0 spiro atoms. The summed E-state index contributed by atoms with van der Waals surface area (Å²) in [6, 6.07) is 7.54. The van der Waals surface area contributed by atoms with Crippen LogP contribution in [-0.4, -0.2) is 18.7 Å². The van der Waals surface area contributed by atoms with Crippen LogP contribution in [0.25, 0.3) is 0 Å². The summed E-state index contributed by atoms with van der Waals surface area (Å²) in [5.41, 5.74) is 0. The van der Waals surface area contributed by atoms with Crippen LogP contribution in [0.1, 0.15) is 20.3 Å². The molecule has 0 saturated carbocycles. The van der Waals surface area contributed by atoms with Gasteiger partial charge in [-0.05, 0) is 41.9 Å². The van der Waals surface area contributed by atoms with Gasteiger partial charge in [0.15, 0.2) is 0 Å². The zero-order valence-corrected chi connectivity index (χ0v) is 11.0. The van der Waals surface area contributed by atoms with Crippen molar-refractivity contribution in [3.05, 3.63) is 28.7 Å². The Kier molecular flexibility index (Phi) is 5.32. The number of esters is 1. The number of halogens is 1. The third-order valence-electron chi connectivity index (χ3n) is 1.92. The van der Waals surface area contributed by atoms with Crippen LogP contribution < -0.4 is 4.74 Å². The van der Waals surface area contributed by atoms with E-state index < -0.39 is 0 Å². The summed E-state index contributed by atoms with van der Waals surface area (Å²) in [5, 5.41) is 0. The Morgan fingerprint density at radius 2 is 2.12 bits per heavy atom. The van der Waals surface area contributed by atoms with Gasteiger partial charge in [0.1, 0.15) is 11.9 Å². The van der Waals surface area contributed by atoms with E-state index in [0.717, 1.165) is 10.2 Å². The molecule has 0 saturated heterocycles. The van der Waals surface area contributed by atoms with Crippen LogP contribution in [0.5, 0.6) is 5.75 Å². The summed E-state index contributed by atoms with van der Waals surface area (Å²) >= 11 is 3.38. The summed E-state index contributed by atoms with van der Waals surface area (Å²) in [6.45, 7) is 4.04. The van der Waals surface area contributed by atoms with Gasteiger partial charge in [0, 0.05) is 0 Å². The van der Waals surface area contributed by atoms with E-state index in [9.17, 15) is 4.79 Å². The molecule has 88 valence electrons. The molecule has 16 heavy (non-hydrogen) atoms. The molecule has 0 aliphatic carbocycles. The van der Waals surface area contributed by atoms with Crippen LogP contribution in [0.4, 0.5) is 0 Å². The van der Waals surface area contributed by atoms with Gasteiger partial charge in [-0.3, -0.25) is 4.79 Å². The molecule has 0 N–H and O–H groups in total. The number of hydrogen-bond acceptors (Lipinski definition) is 3. The molecule has 1 aromatic rings. The fraction of sp³-hybridized carbons (Fsp3) is 0.417. The first-order valence-corrected chi connectivity index (χ1v) is 5.99. The lowest BCUT2D eigenvalue weighted by atomic mass is 10.3. The number of hydrogen-bond donors (Lipinski definition) is 0. The molecular weight excluding hydrogens is 272 g/mol. The molecule has 0 radical (unpaired) electrons. The number of carbonyl (C=O) groups excluding carboxylic acids is 1. The summed E-state index contributed by atoms with van der Waals surface area (Å²) in [5.74, 6) is 0.501. The molecule has 0 aliphatic heterocycles. The van der Waals surface area contributed by atoms with Crippen molar-refractivity contribution >= 4 is 21.9 Å².